The van der Waals surface area contributed by atoms with Gasteiger partial charge < -0.3 is 19.0 Å². The molecule has 6 heteroatoms. The number of ether oxygens (including phenoxy) is 1. The molecule has 0 radical (unpaired) electrons. The molecule has 1 spiro atoms. The highest BCUT2D eigenvalue weighted by molar-refractivity contribution is 5.76. The van der Waals surface area contributed by atoms with E-state index in [0.29, 0.717) is 12.6 Å². The molecule has 0 bridgehead atoms. The second kappa shape index (κ2) is 5.89. The van der Waals surface area contributed by atoms with Crippen molar-refractivity contribution in [2.24, 2.45) is 0 Å². The van der Waals surface area contributed by atoms with E-state index < -0.39 is 0 Å². The number of hydrogen-bond acceptors (Lipinski definition) is 5. The van der Waals surface area contributed by atoms with E-state index in [1.165, 1.54) is 5.56 Å². The van der Waals surface area contributed by atoms with Crippen LogP contribution in [-0.2, 0) is 10.2 Å². The number of carbonyl (C=O) groups excluding carboxylic acids is 1. The van der Waals surface area contributed by atoms with Gasteiger partial charge in [0.25, 0.3) is 6.01 Å². The predicted octanol–water partition coefficient (Wildman–Crippen LogP) is 3.94. The lowest BCUT2D eigenvalue weighted by molar-refractivity contribution is 0.0472. The third-order valence-electron chi connectivity index (χ3n) is 5.55. The molecule has 1 aromatic carbocycles. The van der Waals surface area contributed by atoms with Crippen molar-refractivity contribution in [1.29, 1.82) is 0 Å². The fourth-order valence-corrected chi connectivity index (χ4v) is 3.93. The SMILES string of the molecule is CN1CC2(CCCN(c3nc4cc(C(C)(C)C)ccc4o3)CC2)OC1=O. The van der Waals surface area contributed by atoms with Crippen LogP contribution in [0.4, 0.5) is 10.8 Å². The average molecular weight is 357 g/mol. The largest absolute Gasteiger partial charge is 0.441 e. The summed E-state index contributed by atoms with van der Waals surface area (Å²) in [6.45, 7) is 8.90. The summed E-state index contributed by atoms with van der Waals surface area (Å²) >= 11 is 0. The number of benzene rings is 1. The normalized spacial score (nSPS) is 24.4. The van der Waals surface area contributed by atoms with Gasteiger partial charge in [0.15, 0.2) is 5.58 Å². The van der Waals surface area contributed by atoms with Gasteiger partial charge in [-0.25, -0.2) is 4.79 Å². The van der Waals surface area contributed by atoms with Crippen molar-refractivity contribution in [2.45, 2.75) is 51.0 Å². The molecule has 2 aromatic rings. The first kappa shape index (κ1) is 17.2. The number of anilines is 1. The molecule has 0 N–H and O–H groups in total. The molecular formula is C20H27N3O3. The first-order valence-corrected chi connectivity index (χ1v) is 9.36. The van der Waals surface area contributed by atoms with E-state index in [1.807, 2.05) is 6.07 Å². The van der Waals surface area contributed by atoms with Gasteiger partial charge in [0.1, 0.15) is 11.1 Å². The highest BCUT2D eigenvalue weighted by Crippen LogP contribution is 2.35. The van der Waals surface area contributed by atoms with Crippen LogP contribution in [-0.4, -0.2) is 48.3 Å². The lowest BCUT2D eigenvalue weighted by atomic mass is 9.87. The van der Waals surface area contributed by atoms with Crippen LogP contribution >= 0.6 is 0 Å². The molecule has 4 rings (SSSR count). The van der Waals surface area contributed by atoms with Crippen LogP contribution in [0.25, 0.3) is 11.1 Å². The molecule has 0 saturated carbocycles. The van der Waals surface area contributed by atoms with Gasteiger partial charge in [-0.15, -0.1) is 0 Å². The number of fused-ring (bicyclic) bond motifs is 1. The third-order valence-corrected chi connectivity index (χ3v) is 5.55. The average Bonchev–Trinajstić information content (AvgIpc) is 3.03. The summed E-state index contributed by atoms with van der Waals surface area (Å²) < 4.78 is 11.7. The molecule has 1 unspecified atom stereocenters. The van der Waals surface area contributed by atoms with Gasteiger partial charge >= 0.3 is 6.09 Å². The quantitative estimate of drug-likeness (QED) is 0.774. The zero-order valence-corrected chi connectivity index (χ0v) is 16.0. The number of amides is 1. The zero-order chi connectivity index (χ0) is 18.5. The third kappa shape index (κ3) is 3.02. The smallest absolute Gasteiger partial charge is 0.410 e. The molecule has 2 aliphatic rings. The molecule has 140 valence electrons. The van der Waals surface area contributed by atoms with Crippen LogP contribution in [0.2, 0.25) is 0 Å². The monoisotopic (exact) mass is 357 g/mol. The van der Waals surface area contributed by atoms with E-state index in [4.69, 9.17) is 14.1 Å². The van der Waals surface area contributed by atoms with Gasteiger partial charge in [0, 0.05) is 26.6 Å². The number of nitrogens with zero attached hydrogens (tertiary/aromatic N) is 3. The second-order valence-corrected chi connectivity index (χ2v) is 8.68. The summed E-state index contributed by atoms with van der Waals surface area (Å²) in [7, 11) is 1.80. The second-order valence-electron chi connectivity index (χ2n) is 8.68. The van der Waals surface area contributed by atoms with Crippen LogP contribution in [0, 0.1) is 0 Å². The Morgan fingerprint density at radius 3 is 2.69 bits per heavy atom. The Bertz CT molecular complexity index is 838. The summed E-state index contributed by atoms with van der Waals surface area (Å²) in [5.74, 6) is 0. The van der Waals surface area contributed by atoms with E-state index in [-0.39, 0.29) is 17.1 Å². The minimum absolute atomic E-state index is 0.0840. The van der Waals surface area contributed by atoms with Gasteiger partial charge in [-0.3, -0.25) is 0 Å². The molecule has 1 aromatic heterocycles. The van der Waals surface area contributed by atoms with E-state index >= 15 is 0 Å². The Morgan fingerprint density at radius 1 is 1.19 bits per heavy atom. The zero-order valence-electron chi connectivity index (χ0n) is 16.0. The minimum atomic E-state index is -0.355. The van der Waals surface area contributed by atoms with Crippen molar-refractivity contribution < 1.29 is 13.9 Å². The van der Waals surface area contributed by atoms with Gasteiger partial charge in [0.2, 0.25) is 0 Å². The van der Waals surface area contributed by atoms with E-state index in [0.717, 1.165) is 43.5 Å². The van der Waals surface area contributed by atoms with Crippen molar-refractivity contribution in [3.05, 3.63) is 23.8 Å². The molecule has 0 aliphatic carbocycles. The number of oxazole rings is 1. The summed E-state index contributed by atoms with van der Waals surface area (Å²) in [6.07, 6.45) is 2.42. The van der Waals surface area contributed by atoms with Crippen molar-refractivity contribution in [3.8, 4) is 0 Å². The van der Waals surface area contributed by atoms with Crippen molar-refractivity contribution in [1.82, 2.24) is 9.88 Å². The standard InChI is InChI=1S/C20H27N3O3/c1-19(2,3)14-6-7-16-15(12-14)21-17(25-16)23-10-5-8-20(9-11-23)13-22(4)18(24)26-20/h6-7,12H,5,8-11,13H2,1-4H3. The molecule has 1 atom stereocenters. The highest BCUT2D eigenvalue weighted by atomic mass is 16.6. The van der Waals surface area contributed by atoms with Crippen molar-refractivity contribution in [3.63, 3.8) is 0 Å². The molecule has 2 fully saturated rings. The predicted molar refractivity (Wildman–Crippen MR) is 101 cm³/mol. The van der Waals surface area contributed by atoms with Crippen LogP contribution in [0.1, 0.15) is 45.6 Å². The fraction of sp³-hybridized carbons (Fsp3) is 0.600. The summed E-state index contributed by atoms with van der Waals surface area (Å²) in [4.78, 5) is 20.4. The Labute approximate surface area is 154 Å². The Kier molecular flexibility index (Phi) is 3.90. The van der Waals surface area contributed by atoms with Crippen LogP contribution < -0.4 is 4.90 Å². The van der Waals surface area contributed by atoms with Gasteiger partial charge in [-0.2, -0.15) is 4.98 Å². The lowest BCUT2D eigenvalue weighted by Gasteiger charge is -2.24. The summed E-state index contributed by atoms with van der Waals surface area (Å²) in [6, 6.07) is 6.91. The van der Waals surface area contributed by atoms with E-state index in [2.05, 4.69) is 37.8 Å². The maximum atomic E-state index is 11.8. The molecule has 2 aliphatic heterocycles. The van der Waals surface area contributed by atoms with Gasteiger partial charge in [-0.1, -0.05) is 26.8 Å². The number of likely N-dealkylation sites (N-methyl/N-ethyl adjacent to an activating group) is 1. The molecule has 1 amide bonds. The number of carbonyl (C=O) groups is 1. The van der Waals surface area contributed by atoms with Crippen molar-refractivity contribution >= 4 is 23.2 Å². The summed E-state index contributed by atoms with van der Waals surface area (Å²) in [5.41, 5.74) is 2.70. The number of rotatable bonds is 1. The highest BCUT2D eigenvalue weighted by Gasteiger charge is 2.44. The van der Waals surface area contributed by atoms with E-state index in [1.54, 1.807) is 11.9 Å². The van der Waals surface area contributed by atoms with E-state index in [9.17, 15) is 4.79 Å². The molecule has 2 saturated heterocycles. The van der Waals surface area contributed by atoms with Crippen LogP contribution in [0.5, 0.6) is 0 Å². The van der Waals surface area contributed by atoms with Gasteiger partial charge in [0.05, 0.1) is 6.54 Å². The number of hydrogen-bond donors (Lipinski definition) is 0. The first-order valence-electron chi connectivity index (χ1n) is 9.36. The lowest BCUT2D eigenvalue weighted by Crippen LogP contribution is -2.35. The summed E-state index contributed by atoms with van der Waals surface area (Å²) in [5, 5.41) is 0. The molecular weight excluding hydrogens is 330 g/mol. The Hall–Kier alpha value is -2.24. The molecule has 26 heavy (non-hydrogen) atoms. The molecule has 3 heterocycles. The Morgan fingerprint density at radius 2 is 2.00 bits per heavy atom. The van der Waals surface area contributed by atoms with Gasteiger partial charge in [-0.05, 0) is 36.0 Å². The van der Waals surface area contributed by atoms with Crippen LogP contribution in [0.3, 0.4) is 0 Å². The maximum Gasteiger partial charge on any atom is 0.410 e. The topological polar surface area (TPSA) is 58.8 Å². The fourth-order valence-electron chi connectivity index (χ4n) is 3.93. The number of aromatic nitrogens is 1. The van der Waals surface area contributed by atoms with Crippen LogP contribution in [0.15, 0.2) is 22.6 Å². The Balaban J connectivity index is 1.55. The first-order chi connectivity index (χ1) is 12.3. The van der Waals surface area contributed by atoms with Crippen molar-refractivity contribution in [2.75, 3.05) is 31.6 Å². The maximum absolute atomic E-state index is 11.8. The minimum Gasteiger partial charge on any atom is -0.441 e. The molecule has 6 nitrogen and oxygen atoms in total.